The quantitative estimate of drug-likeness (QED) is 0.880. The molecule has 23 heavy (non-hydrogen) atoms. The van der Waals surface area contributed by atoms with Crippen LogP contribution in [0.25, 0.3) is 0 Å². The number of aliphatic hydroxyl groups is 1. The van der Waals surface area contributed by atoms with Gasteiger partial charge in [0.25, 0.3) is 0 Å². The summed E-state index contributed by atoms with van der Waals surface area (Å²) in [5.74, 6) is 0.825. The molecular weight excluding hydrogens is 286 g/mol. The molecule has 1 heterocycles. The fourth-order valence-corrected chi connectivity index (χ4v) is 3.73. The molecule has 2 aromatic rings. The van der Waals surface area contributed by atoms with Gasteiger partial charge in [-0.25, -0.2) is 4.68 Å². The molecule has 0 aliphatic heterocycles. The number of benzene rings is 1. The molecule has 1 aromatic heterocycles. The lowest BCUT2D eigenvalue weighted by Crippen LogP contribution is -2.15. The van der Waals surface area contributed by atoms with Gasteiger partial charge in [0.2, 0.25) is 0 Å². The second-order valence-electron chi connectivity index (χ2n) is 6.71. The van der Waals surface area contributed by atoms with Crippen molar-refractivity contribution in [1.82, 2.24) is 15.0 Å². The Labute approximate surface area is 138 Å². The Morgan fingerprint density at radius 3 is 2.61 bits per heavy atom. The number of aliphatic hydroxyl groups excluding tert-OH is 1. The zero-order valence-corrected chi connectivity index (χ0v) is 14.0. The van der Waals surface area contributed by atoms with Gasteiger partial charge in [-0.15, -0.1) is 5.10 Å². The van der Waals surface area contributed by atoms with Crippen LogP contribution in [0.15, 0.2) is 30.3 Å². The summed E-state index contributed by atoms with van der Waals surface area (Å²) in [6.07, 6.45) is 8.98. The van der Waals surface area contributed by atoms with Crippen molar-refractivity contribution < 1.29 is 5.11 Å². The van der Waals surface area contributed by atoms with Crippen LogP contribution in [-0.4, -0.2) is 20.1 Å². The number of hydrogen-bond acceptors (Lipinski definition) is 3. The average Bonchev–Trinajstić information content (AvgIpc) is 3.04. The number of nitrogens with zero attached hydrogens (tertiary/aromatic N) is 3. The summed E-state index contributed by atoms with van der Waals surface area (Å²) in [5, 5.41) is 18.1. The van der Waals surface area contributed by atoms with E-state index in [0.29, 0.717) is 0 Å². The minimum Gasteiger partial charge on any atom is -0.390 e. The van der Waals surface area contributed by atoms with Crippen molar-refractivity contribution in [3.63, 3.8) is 0 Å². The lowest BCUT2D eigenvalue weighted by molar-refractivity contribution is 0.274. The van der Waals surface area contributed by atoms with Crippen molar-refractivity contribution >= 4 is 0 Å². The molecule has 0 radical (unpaired) electrons. The zero-order chi connectivity index (χ0) is 16.1. The van der Waals surface area contributed by atoms with Crippen molar-refractivity contribution in [2.24, 2.45) is 5.92 Å². The molecule has 124 valence electrons. The first-order valence-corrected chi connectivity index (χ1v) is 8.88. The van der Waals surface area contributed by atoms with Crippen LogP contribution in [-0.2, 0) is 13.0 Å². The van der Waals surface area contributed by atoms with E-state index >= 15 is 0 Å². The highest BCUT2D eigenvalue weighted by Crippen LogP contribution is 2.29. The predicted molar refractivity (Wildman–Crippen MR) is 91.1 cm³/mol. The van der Waals surface area contributed by atoms with Gasteiger partial charge in [0, 0.05) is 0 Å². The SMILES string of the molecule is CC(c1ccccc1)n1nnc(CO)c1CCC1CCCCC1. The molecule has 0 spiro atoms. The molecule has 1 aromatic carbocycles. The largest absolute Gasteiger partial charge is 0.390 e. The predicted octanol–water partition coefficient (Wildman–Crippen LogP) is 3.89. The molecule has 1 fully saturated rings. The summed E-state index contributed by atoms with van der Waals surface area (Å²) in [4.78, 5) is 0. The molecule has 1 aliphatic rings. The van der Waals surface area contributed by atoms with E-state index in [-0.39, 0.29) is 12.6 Å². The van der Waals surface area contributed by atoms with Crippen LogP contribution in [0.3, 0.4) is 0 Å². The first-order valence-electron chi connectivity index (χ1n) is 8.88. The summed E-state index contributed by atoms with van der Waals surface area (Å²) in [5.41, 5.74) is 3.07. The minimum absolute atomic E-state index is 0.0263. The van der Waals surface area contributed by atoms with Crippen molar-refractivity contribution in [2.75, 3.05) is 0 Å². The summed E-state index contributed by atoms with van der Waals surface area (Å²) in [6.45, 7) is 2.12. The second kappa shape index (κ2) is 7.73. The molecule has 1 N–H and O–H groups in total. The highest BCUT2D eigenvalue weighted by Gasteiger charge is 2.20. The zero-order valence-electron chi connectivity index (χ0n) is 14.0. The van der Waals surface area contributed by atoms with Gasteiger partial charge in [-0.05, 0) is 31.2 Å². The van der Waals surface area contributed by atoms with E-state index in [1.807, 2.05) is 10.7 Å². The summed E-state index contributed by atoms with van der Waals surface area (Å²) >= 11 is 0. The van der Waals surface area contributed by atoms with E-state index in [1.54, 1.807) is 0 Å². The Hall–Kier alpha value is -1.68. The molecule has 0 amide bonds. The van der Waals surface area contributed by atoms with Crippen LogP contribution in [0.2, 0.25) is 0 Å². The summed E-state index contributed by atoms with van der Waals surface area (Å²) < 4.78 is 2.00. The molecular formula is C19H27N3O. The maximum atomic E-state index is 9.61. The van der Waals surface area contributed by atoms with Crippen LogP contribution in [0.4, 0.5) is 0 Å². The van der Waals surface area contributed by atoms with Crippen LogP contribution >= 0.6 is 0 Å². The van der Waals surface area contributed by atoms with Crippen molar-refractivity contribution in [3.05, 3.63) is 47.3 Å². The molecule has 0 bridgehead atoms. The Bertz CT molecular complexity index is 602. The first kappa shape index (κ1) is 16.2. The third kappa shape index (κ3) is 3.81. The minimum atomic E-state index is -0.0263. The maximum Gasteiger partial charge on any atom is 0.111 e. The summed E-state index contributed by atoms with van der Waals surface area (Å²) in [6, 6.07) is 10.5. The van der Waals surface area contributed by atoms with Crippen LogP contribution in [0.1, 0.15) is 68.4 Å². The Kier molecular flexibility index (Phi) is 5.44. The number of rotatable bonds is 6. The molecule has 0 saturated heterocycles. The molecule has 1 unspecified atom stereocenters. The van der Waals surface area contributed by atoms with E-state index in [4.69, 9.17) is 0 Å². The van der Waals surface area contributed by atoms with Gasteiger partial charge >= 0.3 is 0 Å². The summed E-state index contributed by atoms with van der Waals surface area (Å²) in [7, 11) is 0. The third-order valence-corrected chi connectivity index (χ3v) is 5.18. The number of hydrogen-bond donors (Lipinski definition) is 1. The fourth-order valence-electron chi connectivity index (χ4n) is 3.73. The van der Waals surface area contributed by atoms with Gasteiger partial charge in [-0.1, -0.05) is 67.6 Å². The normalized spacial score (nSPS) is 17.3. The Morgan fingerprint density at radius 2 is 1.91 bits per heavy atom. The highest BCUT2D eigenvalue weighted by molar-refractivity contribution is 5.21. The van der Waals surface area contributed by atoms with Gasteiger partial charge < -0.3 is 5.11 Å². The van der Waals surface area contributed by atoms with E-state index in [1.165, 1.54) is 44.1 Å². The van der Waals surface area contributed by atoms with Crippen molar-refractivity contribution in [2.45, 2.75) is 64.5 Å². The van der Waals surface area contributed by atoms with Gasteiger partial charge in [0.05, 0.1) is 18.3 Å². The fraction of sp³-hybridized carbons (Fsp3) is 0.579. The first-order chi connectivity index (χ1) is 11.3. The molecule has 1 aliphatic carbocycles. The van der Waals surface area contributed by atoms with Crippen molar-refractivity contribution in [1.29, 1.82) is 0 Å². The second-order valence-corrected chi connectivity index (χ2v) is 6.71. The topological polar surface area (TPSA) is 50.9 Å². The van der Waals surface area contributed by atoms with Crippen LogP contribution in [0.5, 0.6) is 0 Å². The van der Waals surface area contributed by atoms with E-state index in [0.717, 1.165) is 23.7 Å². The van der Waals surface area contributed by atoms with Gasteiger partial charge in [0.15, 0.2) is 0 Å². The van der Waals surface area contributed by atoms with E-state index in [9.17, 15) is 5.11 Å². The lowest BCUT2D eigenvalue weighted by Gasteiger charge is -2.22. The Morgan fingerprint density at radius 1 is 1.17 bits per heavy atom. The molecule has 1 atom stereocenters. The molecule has 4 nitrogen and oxygen atoms in total. The van der Waals surface area contributed by atoms with Crippen LogP contribution in [0, 0.1) is 5.92 Å². The smallest absolute Gasteiger partial charge is 0.111 e. The highest BCUT2D eigenvalue weighted by atomic mass is 16.3. The maximum absolute atomic E-state index is 9.61. The average molecular weight is 313 g/mol. The monoisotopic (exact) mass is 313 g/mol. The van der Waals surface area contributed by atoms with Gasteiger partial charge in [0.1, 0.15) is 5.69 Å². The Balaban J connectivity index is 1.76. The standard InChI is InChI=1S/C19H27N3O/c1-15(17-10-6-3-7-11-17)22-19(18(14-23)20-21-22)13-12-16-8-4-2-5-9-16/h3,6-7,10-11,15-16,23H,2,4-5,8-9,12-14H2,1H3. The molecule has 1 saturated carbocycles. The van der Waals surface area contributed by atoms with Crippen molar-refractivity contribution in [3.8, 4) is 0 Å². The lowest BCUT2D eigenvalue weighted by atomic mass is 9.85. The van der Waals surface area contributed by atoms with Gasteiger partial charge in [-0.2, -0.15) is 0 Å². The molecule has 3 rings (SSSR count). The van der Waals surface area contributed by atoms with E-state index < -0.39 is 0 Å². The van der Waals surface area contributed by atoms with E-state index in [2.05, 4.69) is 41.5 Å². The third-order valence-electron chi connectivity index (χ3n) is 5.18. The van der Waals surface area contributed by atoms with Crippen LogP contribution < -0.4 is 0 Å². The number of aromatic nitrogens is 3. The van der Waals surface area contributed by atoms with Gasteiger partial charge in [-0.3, -0.25) is 0 Å². The molecule has 4 heteroatoms.